The Labute approximate surface area is 215 Å². The van der Waals surface area contributed by atoms with Crippen LogP contribution in [0.15, 0.2) is 42.5 Å². The van der Waals surface area contributed by atoms with Crippen LogP contribution in [0.2, 0.25) is 0 Å². The summed E-state index contributed by atoms with van der Waals surface area (Å²) in [6, 6.07) is 13.7. The molecule has 1 aliphatic carbocycles. The lowest BCUT2D eigenvalue weighted by Gasteiger charge is -2.30. The van der Waals surface area contributed by atoms with E-state index in [9.17, 15) is 9.59 Å². The second-order valence-electron chi connectivity index (χ2n) is 10.5. The van der Waals surface area contributed by atoms with Crippen LogP contribution < -0.4 is 16.0 Å². The largest absolute Gasteiger partial charge is 0.444 e. The lowest BCUT2D eigenvalue weighted by molar-refractivity contribution is 0.0491. The standard InChI is InChI=1S/C28H41N5O3/c1-6-33(5)19-18-29-26(34)23-16-17-24(32-25(23)30-21-10-8-7-9-11-21)20-12-14-22(15-13-20)31-27(35)36-28(2,3)4/h7-11,16-17,20,22H,6,12-15,18-19H2,1-5H3,(H,29,34)(H,30,32)(H,31,35). The van der Waals surface area contributed by atoms with Crippen molar-refractivity contribution in [1.82, 2.24) is 20.5 Å². The van der Waals surface area contributed by atoms with Crippen molar-refractivity contribution in [3.63, 3.8) is 0 Å². The monoisotopic (exact) mass is 495 g/mol. The van der Waals surface area contributed by atoms with Crippen LogP contribution in [-0.2, 0) is 4.74 Å². The Kier molecular flexibility index (Phi) is 9.70. The summed E-state index contributed by atoms with van der Waals surface area (Å²) in [6.45, 7) is 9.98. The predicted molar refractivity (Wildman–Crippen MR) is 144 cm³/mol. The fourth-order valence-corrected chi connectivity index (χ4v) is 4.26. The molecule has 1 heterocycles. The summed E-state index contributed by atoms with van der Waals surface area (Å²) in [5.41, 5.74) is 1.87. The maximum absolute atomic E-state index is 13.0. The second-order valence-corrected chi connectivity index (χ2v) is 10.5. The number of benzene rings is 1. The van der Waals surface area contributed by atoms with Gasteiger partial charge in [0, 0.05) is 36.4 Å². The highest BCUT2D eigenvalue weighted by molar-refractivity contribution is 5.99. The minimum absolute atomic E-state index is 0.101. The third-order valence-corrected chi connectivity index (χ3v) is 6.38. The van der Waals surface area contributed by atoms with Crippen molar-refractivity contribution in [1.29, 1.82) is 0 Å². The minimum atomic E-state index is -0.507. The van der Waals surface area contributed by atoms with Crippen LogP contribution in [-0.4, -0.2) is 60.2 Å². The summed E-state index contributed by atoms with van der Waals surface area (Å²) in [4.78, 5) is 32.2. The smallest absolute Gasteiger partial charge is 0.407 e. The van der Waals surface area contributed by atoms with Gasteiger partial charge < -0.3 is 25.6 Å². The van der Waals surface area contributed by atoms with Gasteiger partial charge in [-0.2, -0.15) is 0 Å². The molecule has 1 aromatic heterocycles. The van der Waals surface area contributed by atoms with E-state index in [1.165, 1.54) is 0 Å². The molecule has 36 heavy (non-hydrogen) atoms. The maximum atomic E-state index is 13.0. The molecule has 1 fully saturated rings. The van der Waals surface area contributed by atoms with Crippen molar-refractivity contribution in [2.45, 2.75) is 70.9 Å². The Hall–Kier alpha value is -3.13. The molecule has 1 saturated carbocycles. The van der Waals surface area contributed by atoms with Gasteiger partial charge in [0.2, 0.25) is 0 Å². The summed E-state index contributed by atoms with van der Waals surface area (Å²) in [6.07, 6.45) is 3.18. The first-order chi connectivity index (χ1) is 17.1. The molecular weight excluding hydrogens is 454 g/mol. The third-order valence-electron chi connectivity index (χ3n) is 6.38. The van der Waals surface area contributed by atoms with Crippen molar-refractivity contribution >= 4 is 23.5 Å². The molecule has 196 valence electrons. The van der Waals surface area contributed by atoms with E-state index in [-0.39, 0.29) is 24.0 Å². The fraction of sp³-hybridized carbons (Fsp3) is 0.536. The highest BCUT2D eigenvalue weighted by Gasteiger charge is 2.27. The average molecular weight is 496 g/mol. The summed E-state index contributed by atoms with van der Waals surface area (Å²) >= 11 is 0. The van der Waals surface area contributed by atoms with E-state index in [2.05, 4.69) is 27.8 Å². The van der Waals surface area contributed by atoms with Crippen molar-refractivity contribution in [2.24, 2.45) is 0 Å². The van der Waals surface area contributed by atoms with E-state index in [0.29, 0.717) is 17.9 Å². The molecule has 8 nitrogen and oxygen atoms in total. The molecule has 0 saturated heterocycles. The molecule has 0 radical (unpaired) electrons. The summed E-state index contributed by atoms with van der Waals surface area (Å²) in [5, 5.41) is 9.36. The first-order valence-electron chi connectivity index (χ1n) is 12.9. The Morgan fingerprint density at radius 3 is 2.39 bits per heavy atom. The van der Waals surface area contributed by atoms with E-state index in [1.54, 1.807) is 0 Å². The number of aromatic nitrogens is 1. The zero-order chi connectivity index (χ0) is 26.1. The minimum Gasteiger partial charge on any atom is -0.444 e. The summed E-state index contributed by atoms with van der Waals surface area (Å²) < 4.78 is 5.40. The van der Waals surface area contributed by atoms with E-state index >= 15 is 0 Å². The van der Waals surface area contributed by atoms with Crippen LogP contribution in [0.5, 0.6) is 0 Å². The first-order valence-corrected chi connectivity index (χ1v) is 12.9. The summed E-state index contributed by atoms with van der Waals surface area (Å²) in [7, 11) is 2.03. The van der Waals surface area contributed by atoms with E-state index in [1.807, 2.05) is 70.3 Å². The molecule has 0 unspecified atom stereocenters. The molecule has 2 aromatic rings. The molecule has 0 atom stereocenters. The molecule has 0 bridgehead atoms. The van der Waals surface area contributed by atoms with Gasteiger partial charge in [0.25, 0.3) is 5.91 Å². The predicted octanol–water partition coefficient (Wildman–Crippen LogP) is 5.06. The van der Waals surface area contributed by atoms with Crippen LogP contribution in [0.3, 0.4) is 0 Å². The molecular formula is C28H41N5O3. The highest BCUT2D eigenvalue weighted by Crippen LogP contribution is 2.33. The number of carbonyl (C=O) groups excluding carboxylic acids is 2. The van der Waals surface area contributed by atoms with Gasteiger partial charge in [-0.15, -0.1) is 0 Å². The summed E-state index contributed by atoms with van der Waals surface area (Å²) in [5.74, 6) is 0.699. The van der Waals surface area contributed by atoms with Crippen molar-refractivity contribution in [2.75, 3.05) is 32.0 Å². The topological polar surface area (TPSA) is 95.6 Å². The number of hydrogen-bond acceptors (Lipinski definition) is 6. The van der Waals surface area contributed by atoms with E-state index in [4.69, 9.17) is 9.72 Å². The average Bonchev–Trinajstić information content (AvgIpc) is 2.83. The Morgan fingerprint density at radius 1 is 1.06 bits per heavy atom. The zero-order valence-corrected chi connectivity index (χ0v) is 22.3. The van der Waals surface area contributed by atoms with E-state index < -0.39 is 5.60 Å². The number of anilines is 2. The first kappa shape index (κ1) is 27.5. The van der Waals surface area contributed by atoms with Crippen molar-refractivity contribution in [3.8, 4) is 0 Å². The number of nitrogens with zero attached hydrogens (tertiary/aromatic N) is 2. The molecule has 0 aliphatic heterocycles. The third kappa shape index (κ3) is 8.52. The molecule has 1 aromatic carbocycles. The van der Waals surface area contributed by atoms with Gasteiger partial charge in [-0.3, -0.25) is 4.79 Å². The fourth-order valence-electron chi connectivity index (χ4n) is 4.26. The zero-order valence-electron chi connectivity index (χ0n) is 22.3. The Bertz CT molecular complexity index is 998. The van der Waals surface area contributed by atoms with Gasteiger partial charge in [-0.05, 0) is 84.3 Å². The number of amides is 2. The van der Waals surface area contributed by atoms with Crippen LogP contribution in [0, 0.1) is 0 Å². The van der Waals surface area contributed by atoms with Gasteiger partial charge in [-0.1, -0.05) is 25.1 Å². The number of para-hydroxylation sites is 1. The lowest BCUT2D eigenvalue weighted by atomic mass is 9.83. The second kappa shape index (κ2) is 12.7. The molecule has 3 N–H and O–H groups in total. The number of pyridine rings is 1. The van der Waals surface area contributed by atoms with Gasteiger partial charge in [-0.25, -0.2) is 9.78 Å². The number of hydrogen-bond donors (Lipinski definition) is 3. The molecule has 2 amide bonds. The number of carbonyl (C=O) groups is 2. The Morgan fingerprint density at radius 2 is 1.75 bits per heavy atom. The van der Waals surface area contributed by atoms with Crippen molar-refractivity contribution in [3.05, 3.63) is 53.7 Å². The quantitative estimate of drug-likeness (QED) is 0.450. The number of rotatable bonds is 9. The number of ether oxygens (including phenoxy) is 1. The van der Waals surface area contributed by atoms with E-state index in [0.717, 1.165) is 50.2 Å². The van der Waals surface area contributed by atoms with Crippen molar-refractivity contribution < 1.29 is 14.3 Å². The number of nitrogens with one attached hydrogen (secondary N) is 3. The van der Waals surface area contributed by atoms with Gasteiger partial charge in [0.05, 0.1) is 5.56 Å². The van der Waals surface area contributed by atoms with Crippen LogP contribution >= 0.6 is 0 Å². The number of likely N-dealkylation sites (N-methyl/N-ethyl adjacent to an activating group) is 1. The van der Waals surface area contributed by atoms with Crippen LogP contribution in [0.4, 0.5) is 16.3 Å². The molecule has 0 spiro atoms. The highest BCUT2D eigenvalue weighted by atomic mass is 16.6. The maximum Gasteiger partial charge on any atom is 0.407 e. The van der Waals surface area contributed by atoms with Crippen LogP contribution in [0.1, 0.15) is 75.3 Å². The van der Waals surface area contributed by atoms with Gasteiger partial charge in [0.1, 0.15) is 11.4 Å². The SMILES string of the molecule is CCN(C)CCNC(=O)c1ccc(C2CCC(NC(=O)OC(C)(C)C)CC2)nc1Nc1ccccc1. The van der Waals surface area contributed by atoms with Gasteiger partial charge in [0.15, 0.2) is 0 Å². The molecule has 1 aliphatic rings. The van der Waals surface area contributed by atoms with Crippen LogP contribution in [0.25, 0.3) is 0 Å². The normalized spacial score (nSPS) is 17.9. The number of alkyl carbamates (subject to hydrolysis) is 1. The lowest BCUT2D eigenvalue weighted by Crippen LogP contribution is -2.40. The van der Waals surface area contributed by atoms with Gasteiger partial charge >= 0.3 is 6.09 Å². The Balaban J connectivity index is 1.68. The molecule has 3 rings (SSSR count). The molecule has 8 heteroatoms.